The summed E-state index contributed by atoms with van der Waals surface area (Å²) >= 11 is 5.91. The molecule has 12 nitrogen and oxygen atoms in total. The van der Waals surface area contributed by atoms with E-state index in [2.05, 4.69) is 0 Å². The van der Waals surface area contributed by atoms with Crippen LogP contribution >= 0.6 is 47.0 Å². The molecule has 0 heterocycles. The van der Waals surface area contributed by atoms with Crippen LogP contribution in [0.3, 0.4) is 0 Å². The van der Waals surface area contributed by atoms with E-state index in [9.17, 15) is 20.4 Å². The van der Waals surface area contributed by atoms with Crippen LogP contribution in [0.5, 0.6) is 0 Å². The van der Waals surface area contributed by atoms with Crippen molar-refractivity contribution < 1.29 is 59.8 Å². The van der Waals surface area contributed by atoms with Gasteiger partial charge in [-0.05, 0) is 0 Å². The third-order valence-electron chi connectivity index (χ3n) is 5.20. The molecule has 0 rings (SSSR count). The van der Waals surface area contributed by atoms with Gasteiger partial charge < -0.3 is 59.8 Å². The quantitative estimate of drug-likeness (QED) is 0.0379. The smallest absolute Gasteiger partial charge is 0.0861 e. The summed E-state index contributed by atoms with van der Waals surface area (Å²) in [6.07, 6.45) is -3.06. The third-order valence-corrected chi connectivity index (χ3v) is 9.51. The van der Waals surface area contributed by atoms with E-state index < -0.39 is 29.8 Å². The molecule has 0 saturated heterocycles. The first kappa shape index (κ1) is 41.9. The first-order valence-corrected chi connectivity index (χ1v) is 18.2. The number of hydrogen-bond acceptors (Lipinski definition) is 16. The monoisotopic (exact) mass is 672 g/mol. The molecule has 0 amide bonds. The lowest BCUT2D eigenvalue weighted by atomic mass is 9.92. The molecular weight excluding hydrogens is 621 g/mol. The van der Waals surface area contributed by atoms with Crippen molar-refractivity contribution in [3.05, 3.63) is 0 Å². The molecule has 0 radical (unpaired) electrons. The second kappa shape index (κ2) is 29.6. The zero-order chi connectivity index (χ0) is 30.6. The lowest BCUT2D eigenvalue weighted by Gasteiger charge is -2.33. The first-order chi connectivity index (χ1) is 19.8. The summed E-state index contributed by atoms with van der Waals surface area (Å²) in [6.45, 7) is 1.71. The van der Waals surface area contributed by atoms with Crippen molar-refractivity contribution >= 4 is 47.0 Å². The summed E-state index contributed by atoms with van der Waals surface area (Å²) in [5.41, 5.74) is -0.630. The van der Waals surface area contributed by atoms with Crippen molar-refractivity contribution in [3.8, 4) is 0 Å². The molecule has 16 heteroatoms. The van der Waals surface area contributed by atoms with Gasteiger partial charge in [0, 0.05) is 46.0 Å². The van der Waals surface area contributed by atoms with Crippen molar-refractivity contribution in [1.29, 1.82) is 0 Å². The van der Waals surface area contributed by atoms with E-state index in [1.165, 1.54) is 47.0 Å². The van der Waals surface area contributed by atoms with E-state index in [1.807, 2.05) is 0 Å². The minimum atomic E-state index is -0.765. The van der Waals surface area contributed by atoms with Gasteiger partial charge in [-0.25, -0.2) is 0 Å². The Bertz CT molecular complexity index is 465. The largest absolute Gasteiger partial charge is 0.394 e. The molecule has 0 aliphatic carbocycles. The Morgan fingerprint density at radius 3 is 0.829 bits per heavy atom. The fraction of sp³-hybridized carbons (Fsp3) is 1.00. The molecule has 0 aromatic rings. The van der Waals surface area contributed by atoms with E-state index >= 15 is 0 Å². The fourth-order valence-corrected chi connectivity index (χ4v) is 6.08. The predicted molar refractivity (Wildman–Crippen MR) is 167 cm³/mol. The van der Waals surface area contributed by atoms with Crippen molar-refractivity contribution in [2.45, 2.75) is 24.4 Å². The molecule has 248 valence electrons. The van der Waals surface area contributed by atoms with Crippen molar-refractivity contribution in [3.63, 3.8) is 0 Å². The Balaban J connectivity index is 5.00. The first-order valence-electron chi connectivity index (χ1n) is 13.6. The Hall–Kier alpha value is 0.920. The van der Waals surface area contributed by atoms with Crippen LogP contribution in [0.2, 0.25) is 0 Å². The highest BCUT2D eigenvalue weighted by Crippen LogP contribution is 2.22. The van der Waals surface area contributed by atoms with Crippen molar-refractivity contribution in [1.82, 2.24) is 0 Å². The van der Waals surface area contributed by atoms with Crippen LogP contribution < -0.4 is 0 Å². The van der Waals surface area contributed by atoms with E-state index in [-0.39, 0.29) is 26.4 Å². The van der Waals surface area contributed by atoms with E-state index in [0.29, 0.717) is 98.9 Å². The van der Waals surface area contributed by atoms with Crippen LogP contribution in [0.15, 0.2) is 0 Å². The molecule has 0 spiro atoms. The van der Waals surface area contributed by atoms with E-state index in [4.69, 9.17) is 39.4 Å². The van der Waals surface area contributed by atoms with Gasteiger partial charge in [0.1, 0.15) is 0 Å². The van der Waals surface area contributed by atoms with Crippen LogP contribution in [0.1, 0.15) is 0 Å². The maximum atomic E-state index is 9.51. The van der Waals surface area contributed by atoms with Crippen LogP contribution in [0.25, 0.3) is 0 Å². The molecule has 41 heavy (non-hydrogen) atoms. The highest BCUT2D eigenvalue weighted by atomic mass is 32.2. The van der Waals surface area contributed by atoms with Gasteiger partial charge in [0.25, 0.3) is 0 Å². The third kappa shape index (κ3) is 25.9. The molecule has 4 atom stereocenters. The minimum Gasteiger partial charge on any atom is -0.394 e. The summed E-state index contributed by atoms with van der Waals surface area (Å²) in [7, 11) is 0. The van der Waals surface area contributed by atoms with E-state index in [0.717, 1.165) is 0 Å². The molecular formula is C25H52O12S4. The van der Waals surface area contributed by atoms with Gasteiger partial charge in [-0.15, -0.1) is 0 Å². The Morgan fingerprint density at radius 1 is 0.415 bits per heavy atom. The fourth-order valence-electron chi connectivity index (χ4n) is 2.96. The predicted octanol–water partition coefficient (Wildman–Crippen LogP) is -1.62. The summed E-state index contributed by atoms with van der Waals surface area (Å²) in [6, 6.07) is 0. The Morgan fingerprint density at radius 2 is 0.634 bits per heavy atom. The molecule has 0 saturated carbocycles. The zero-order valence-corrected chi connectivity index (χ0v) is 27.1. The molecule has 0 aliphatic rings. The molecule has 0 aromatic carbocycles. The highest BCUT2D eigenvalue weighted by Gasteiger charge is 2.32. The van der Waals surface area contributed by atoms with Crippen LogP contribution in [0.4, 0.5) is 0 Å². The number of ether oxygens (including phenoxy) is 4. The molecule has 8 N–H and O–H groups in total. The van der Waals surface area contributed by atoms with Gasteiger partial charge in [0.15, 0.2) is 0 Å². The van der Waals surface area contributed by atoms with Gasteiger partial charge >= 0.3 is 0 Å². The number of hydrogen-bond donors (Lipinski definition) is 8. The van der Waals surface area contributed by atoms with Gasteiger partial charge in [0.2, 0.25) is 0 Å². The van der Waals surface area contributed by atoms with Gasteiger partial charge in [0.05, 0.1) is 109 Å². The number of aliphatic hydroxyl groups excluding tert-OH is 8. The van der Waals surface area contributed by atoms with Crippen molar-refractivity contribution in [2.24, 2.45) is 5.41 Å². The van der Waals surface area contributed by atoms with E-state index in [1.54, 1.807) is 0 Å². The molecule has 4 unspecified atom stereocenters. The number of thioether (sulfide) groups is 4. The molecule has 0 aliphatic heterocycles. The minimum absolute atomic E-state index is 0.283. The highest BCUT2D eigenvalue weighted by molar-refractivity contribution is 7.99. The average molecular weight is 673 g/mol. The number of aliphatic hydroxyl groups is 8. The molecule has 0 bridgehead atoms. The maximum Gasteiger partial charge on any atom is 0.0861 e. The lowest BCUT2D eigenvalue weighted by Crippen LogP contribution is -2.42. The SMILES string of the molecule is OCC(O)CSCCOCC(COCCSCC(O)CO)(COCCSCC(O)CO)COCCSCC(O)CO. The van der Waals surface area contributed by atoms with Gasteiger partial charge in [-0.2, -0.15) is 47.0 Å². The second-order valence-corrected chi connectivity index (χ2v) is 14.0. The van der Waals surface area contributed by atoms with Gasteiger partial charge in [-0.3, -0.25) is 0 Å². The average Bonchev–Trinajstić information content (AvgIpc) is 2.99. The lowest BCUT2D eigenvalue weighted by molar-refractivity contribution is -0.1000. The van der Waals surface area contributed by atoms with Crippen LogP contribution in [0, 0.1) is 5.41 Å². The summed E-state index contributed by atoms with van der Waals surface area (Å²) in [5, 5.41) is 73.9. The standard InChI is InChI=1S/C25H52O12S4/c26-9-21(30)13-38-5-1-34-17-25(18-35-2-6-39-14-22(31)10-27,19-36-3-7-40-15-23(32)11-28)20-37-4-8-41-16-24(33)12-29/h21-24,26-33H,1-20H2. The maximum absolute atomic E-state index is 9.51. The molecule has 0 aromatic heterocycles. The van der Waals surface area contributed by atoms with Crippen LogP contribution in [-0.4, -0.2) is 191 Å². The topological polar surface area (TPSA) is 199 Å². The summed E-state index contributed by atoms with van der Waals surface area (Å²) in [5.74, 6) is 4.17. The Labute approximate surface area is 261 Å². The number of rotatable bonds is 32. The molecule has 0 fully saturated rings. The Kier molecular flexibility index (Phi) is 30.3. The second-order valence-electron chi connectivity index (χ2n) is 9.36. The normalized spacial score (nSPS) is 16.4. The zero-order valence-electron chi connectivity index (χ0n) is 23.8. The van der Waals surface area contributed by atoms with Crippen LogP contribution in [-0.2, 0) is 18.9 Å². The van der Waals surface area contributed by atoms with Gasteiger partial charge in [-0.1, -0.05) is 0 Å². The summed E-state index contributed by atoms with van der Waals surface area (Å²) < 4.78 is 23.9. The van der Waals surface area contributed by atoms with Crippen molar-refractivity contribution in [2.75, 3.05) is 125 Å². The summed E-state index contributed by atoms with van der Waals surface area (Å²) in [4.78, 5) is 0.